The minimum atomic E-state index is -0.230. The van der Waals surface area contributed by atoms with Gasteiger partial charge in [-0.15, -0.1) is 0 Å². The first-order chi connectivity index (χ1) is 13.2. The summed E-state index contributed by atoms with van der Waals surface area (Å²) < 4.78 is 16.9. The van der Waals surface area contributed by atoms with E-state index < -0.39 is 0 Å². The Balaban J connectivity index is 1.79. The first-order valence-corrected chi connectivity index (χ1v) is 10.0. The molecule has 0 aromatic heterocycles. The number of esters is 1. The minimum Gasteiger partial charge on any atom is -0.463 e. The lowest BCUT2D eigenvalue weighted by atomic mass is 9.78. The van der Waals surface area contributed by atoms with Gasteiger partial charge in [-0.3, -0.25) is 0 Å². The largest absolute Gasteiger partial charge is 0.463 e. The summed E-state index contributed by atoms with van der Waals surface area (Å²) in [4.78, 5) is 15.1. The molecule has 0 N–H and O–H groups in total. The van der Waals surface area contributed by atoms with E-state index in [0.29, 0.717) is 24.1 Å². The van der Waals surface area contributed by atoms with Crippen LogP contribution in [0.3, 0.4) is 0 Å². The maximum Gasteiger partial charge on any atom is 0.334 e. The Bertz CT molecular complexity index is 714. The van der Waals surface area contributed by atoms with Crippen LogP contribution in [0.1, 0.15) is 26.7 Å². The summed E-state index contributed by atoms with van der Waals surface area (Å²) in [6.07, 6.45) is 12.8. The van der Waals surface area contributed by atoms with E-state index >= 15 is 0 Å². The minimum absolute atomic E-state index is 0.0256. The molecule has 2 aliphatic heterocycles. The van der Waals surface area contributed by atoms with Crippen LogP contribution in [0.5, 0.6) is 0 Å². The molecule has 1 saturated heterocycles. The number of carbonyl (C=O) groups is 1. The number of methoxy groups -OCH3 is 1. The van der Waals surface area contributed by atoms with Gasteiger partial charge in [0.25, 0.3) is 0 Å². The van der Waals surface area contributed by atoms with Gasteiger partial charge in [-0.1, -0.05) is 31.2 Å². The van der Waals surface area contributed by atoms with E-state index in [1.807, 2.05) is 6.92 Å². The van der Waals surface area contributed by atoms with Crippen LogP contribution in [0.2, 0.25) is 0 Å². The summed E-state index contributed by atoms with van der Waals surface area (Å²) in [5.74, 6) is 0.0362. The van der Waals surface area contributed by atoms with Crippen molar-refractivity contribution in [3.05, 3.63) is 47.2 Å². The molecule has 5 nitrogen and oxygen atoms in total. The van der Waals surface area contributed by atoms with Gasteiger partial charge < -0.3 is 19.1 Å². The van der Waals surface area contributed by atoms with Gasteiger partial charge in [-0.2, -0.15) is 0 Å². The SMILES string of the molecule is CCOC(=O)C1=CC2=C(C3C=CC=CC3N2C2CCOCC2)C(OC)C1C. The Kier molecular flexibility index (Phi) is 5.24. The molecule has 0 radical (unpaired) electrons. The summed E-state index contributed by atoms with van der Waals surface area (Å²) in [5, 5.41) is 0. The third-order valence-electron chi connectivity index (χ3n) is 6.25. The van der Waals surface area contributed by atoms with Crippen LogP contribution >= 0.6 is 0 Å². The van der Waals surface area contributed by atoms with Crippen LogP contribution in [-0.2, 0) is 19.0 Å². The van der Waals surface area contributed by atoms with Crippen molar-refractivity contribution < 1.29 is 19.0 Å². The normalized spacial score (nSPS) is 33.0. The molecular weight excluding hydrogens is 342 g/mol. The lowest BCUT2D eigenvalue weighted by Crippen LogP contribution is -2.43. The average molecular weight is 371 g/mol. The first kappa shape index (κ1) is 18.5. The molecule has 2 aliphatic carbocycles. The van der Waals surface area contributed by atoms with Gasteiger partial charge >= 0.3 is 5.97 Å². The molecule has 1 fully saturated rings. The van der Waals surface area contributed by atoms with E-state index in [2.05, 4.69) is 42.2 Å². The molecular formula is C22H29NO4. The number of fused-ring (bicyclic) bond motifs is 2. The van der Waals surface area contributed by atoms with Crippen molar-refractivity contribution in [2.75, 3.05) is 26.9 Å². The number of hydrogen-bond donors (Lipinski definition) is 0. The first-order valence-electron chi connectivity index (χ1n) is 10.0. The highest BCUT2D eigenvalue weighted by Gasteiger charge is 2.48. The van der Waals surface area contributed by atoms with Crippen molar-refractivity contribution in [2.45, 2.75) is 44.9 Å². The molecule has 5 heteroatoms. The second kappa shape index (κ2) is 7.64. The van der Waals surface area contributed by atoms with Gasteiger partial charge in [-0.05, 0) is 31.4 Å². The molecule has 0 spiro atoms. The second-order valence-electron chi connectivity index (χ2n) is 7.64. The van der Waals surface area contributed by atoms with Gasteiger partial charge in [0.2, 0.25) is 0 Å². The summed E-state index contributed by atoms with van der Waals surface area (Å²) in [5.41, 5.74) is 3.17. The molecule has 146 valence electrons. The number of rotatable bonds is 4. The van der Waals surface area contributed by atoms with Crippen molar-refractivity contribution in [2.24, 2.45) is 11.8 Å². The number of ether oxygens (including phenoxy) is 3. The Morgan fingerprint density at radius 2 is 2.00 bits per heavy atom. The van der Waals surface area contributed by atoms with Gasteiger partial charge in [0.15, 0.2) is 0 Å². The van der Waals surface area contributed by atoms with Gasteiger partial charge in [0.05, 0.1) is 18.8 Å². The van der Waals surface area contributed by atoms with Crippen molar-refractivity contribution in [3.8, 4) is 0 Å². The van der Waals surface area contributed by atoms with Crippen LogP contribution < -0.4 is 0 Å². The quantitative estimate of drug-likeness (QED) is 0.711. The highest BCUT2D eigenvalue weighted by Crippen LogP contribution is 2.48. The fourth-order valence-corrected chi connectivity index (χ4v) is 5.03. The smallest absolute Gasteiger partial charge is 0.334 e. The highest BCUT2D eigenvalue weighted by atomic mass is 16.5. The van der Waals surface area contributed by atoms with Crippen LogP contribution in [0.25, 0.3) is 0 Å². The monoisotopic (exact) mass is 371 g/mol. The standard InChI is InChI=1S/C22H29NO4/c1-4-27-22(24)17-13-19-20(21(25-3)14(17)2)16-7-5-6-8-18(16)23(19)15-9-11-26-12-10-15/h5-8,13-16,18,21H,4,9-12H2,1-3H3. The highest BCUT2D eigenvalue weighted by molar-refractivity contribution is 5.90. The van der Waals surface area contributed by atoms with E-state index in [1.165, 1.54) is 5.57 Å². The van der Waals surface area contributed by atoms with E-state index in [9.17, 15) is 4.79 Å². The number of carbonyl (C=O) groups excluding carboxylic acids is 1. The third kappa shape index (κ3) is 3.07. The molecule has 4 rings (SSSR count). The summed E-state index contributed by atoms with van der Waals surface area (Å²) in [7, 11) is 1.74. The molecule has 0 bridgehead atoms. The Morgan fingerprint density at radius 1 is 1.26 bits per heavy atom. The second-order valence-corrected chi connectivity index (χ2v) is 7.64. The molecule has 0 aromatic carbocycles. The topological polar surface area (TPSA) is 48.0 Å². The molecule has 4 atom stereocenters. The average Bonchev–Trinajstić information content (AvgIpc) is 3.02. The van der Waals surface area contributed by atoms with Gasteiger partial charge in [0.1, 0.15) is 0 Å². The van der Waals surface area contributed by atoms with Crippen LogP contribution in [0.15, 0.2) is 47.2 Å². The molecule has 0 saturated carbocycles. The van der Waals surface area contributed by atoms with Crippen molar-refractivity contribution >= 4 is 5.97 Å². The fourth-order valence-electron chi connectivity index (χ4n) is 5.03. The molecule has 0 amide bonds. The number of hydrogen-bond acceptors (Lipinski definition) is 5. The Morgan fingerprint density at radius 3 is 2.70 bits per heavy atom. The third-order valence-corrected chi connectivity index (χ3v) is 6.25. The Labute approximate surface area is 161 Å². The zero-order valence-corrected chi connectivity index (χ0v) is 16.4. The maximum atomic E-state index is 12.6. The van der Waals surface area contributed by atoms with Crippen LogP contribution in [0.4, 0.5) is 0 Å². The van der Waals surface area contributed by atoms with E-state index in [1.54, 1.807) is 7.11 Å². The molecule has 27 heavy (non-hydrogen) atoms. The van der Waals surface area contributed by atoms with Crippen LogP contribution in [-0.4, -0.2) is 56.0 Å². The maximum absolute atomic E-state index is 12.6. The van der Waals surface area contributed by atoms with Gasteiger partial charge in [-0.25, -0.2) is 4.79 Å². The van der Waals surface area contributed by atoms with Crippen molar-refractivity contribution in [3.63, 3.8) is 0 Å². The lowest BCUT2D eigenvalue weighted by Gasteiger charge is -2.39. The summed E-state index contributed by atoms with van der Waals surface area (Å²) in [6.45, 7) is 5.87. The number of nitrogens with zero attached hydrogens (tertiary/aromatic N) is 1. The predicted molar refractivity (Wildman–Crippen MR) is 103 cm³/mol. The zero-order valence-electron chi connectivity index (χ0n) is 16.4. The van der Waals surface area contributed by atoms with E-state index in [4.69, 9.17) is 14.2 Å². The fraction of sp³-hybridized carbons (Fsp3) is 0.591. The lowest BCUT2D eigenvalue weighted by molar-refractivity contribution is -0.139. The molecule has 4 aliphatic rings. The summed E-state index contributed by atoms with van der Waals surface area (Å²) >= 11 is 0. The van der Waals surface area contributed by atoms with Crippen molar-refractivity contribution in [1.29, 1.82) is 0 Å². The van der Waals surface area contributed by atoms with E-state index in [0.717, 1.165) is 31.8 Å². The molecule has 2 heterocycles. The molecule has 4 unspecified atom stereocenters. The summed E-state index contributed by atoms with van der Waals surface area (Å²) in [6, 6.07) is 0.700. The van der Waals surface area contributed by atoms with Crippen molar-refractivity contribution in [1.82, 2.24) is 4.90 Å². The number of allylic oxidation sites excluding steroid dienone is 3. The Hall–Kier alpha value is -1.85. The van der Waals surface area contributed by atoms with Gasteiger partial charge in [0, 0.05) is 49.5 Å². The van der Waals surface area contributed by atoms with Crippen LogP contribution in [0, 0.1) is 11.8 Å². The van der Waals surface area contributed by atoms with E-state index in [-0.39, 0.29) is 24.0 Å². The predicted octanol–water partition coefficient (Wildman–Crippen LogP) is 3.00. The zero-order chi connectivity index (χ0) is 19.0. The molecule has 0 aromatic rings.